The van der Waals surface area contributed by atoms with Gasteiger partial charge in [0.2, 0.25) is 0 Å². The second-order valence-electron chi connectivity index (χ2n) is 5.55. The SMILES string of the molecule is C.CC.CC.Cc1ccc2c(N3CC(CN)C3)cc(C(F)(F)F)nc2c1. The second-order valence-corrected chi connectivity index (χ2v) is 5.55. The molecule has 2 heterocycles. The molecular weight excluding hydrogens is 339 g/mol. The number of fused-ring (bicyclic) bond motifs is 1. The van der Waals surface area contributed by atoms with Crippen molar-refractivity contribution in [3.63, 3.8) is 0 Å². The van der Waals surface area contributed by atoms with Crippen molar-refractivity contribution < 1.29 is 13.2 Å². The molecule has 1 aromatic heterocycles. The zero-order chi connectivity index (χ0) is 19.2. The Labute approximate surface area is 155 Å². The highest BCUT2D eigenvalue weighted by Gasteiger charge is 2.35. The van der Waals surface area contributed by atoms with E-state index in [-0.39, 0.29) is 7.43 Å². The smallest absolute Gasteiger partial charge is 0.370 e. The molecule has 0 atom stereocenters. The molecule has 0 amide bonds. The van der Waals surface area contributed by atoms with E-state index in [1.165, 1.54) is 0 Å². The number of aryl methyl sites for hydroxylation is 1. The zero-order valence-corrected chi connectivity index (χ0v) is 15.6. The van der Waals surface area contributed by atoms with Crippen LogP contribution in [-0.2, 0) is 6.18 Å². The lowest BCUT2D eigenvalue weighted by Crippen LogP contribution is -2.50. The van der Waals surface area contributed by atoms with Crippen molar-refractivity contribution in [2.24, 2.45) is 11.7 Å². The fourth-order valence-electron chi connectivity index (χ4n) is 2.64. The lowest BCUT2D eigenvalue weighted by molar-refractivity contribution is -0.140. The Balaban J connectivity index is 0.00000117. The molecule has 2 N–H and O–H groups in total. The van der Waals surface area contributed by atoms with Gasteiger partial charge in [-0.15, -0.1) is 0 Å². The largest absolute Gasteiger partial charge is 0.433 e. The third-order valence-corrected chi connectivity index (χ3v) is 3.87. The van der Waals surface area contributed by atoms with Crippen LogP contribution in [0.3, 0.4) is 0 Å². The highest BCUT2D eigenvalue weighted by molar-refractivity contribution is 5.92. The minimum atomic E-state index is -4.44. The summed E-state index contributed by atoms with van der Waals surface area (Å²) >= 11 is 0. The summed E-state index contributed by atoms with van der Waals surface area (Å²) in [5.74, 6) is 0.355. The topological polar surface area (TPSA) is 42.1 Å². The van der Waals surface area contributed by atoms with Crippen LogP contribution in [0.25, 0.3) is 10.9 Å². The number of nitrogens with zero attached hydrogens (tertiary/aromatic N) is 2. The van der Waals surface area contributed by atoms with Crippen molar-refractivity contribution >= 4 is 16.6 Å². The number of hydrogen-bond acceptors (Lipinski definition) is 3. The number of halogens is 3. The molecule has 1 aromatic carbocycles. The maximum absolute atomic E-state index is 13.0. The Hall–Kier alpha value is -1.82. The Morgan fingerprint density at radius 2 is 1.69 bits per heavy atom. The van der Waals surface area contributed by atoms with Crippen LogP contribution in [-0.4, -0.2) is 24.6 Å². The number of hydrogen-bond donors (Lipinski definition) is 1. The average molecular weight is 371 g/mol. The van der Waals surface area contributed by atoms with Crippen LogP contribution in [0, 0.1) is 12.8 Å². The van der Waals surface area contributed by atoms with Crippen LogP contribution in [0.2, 0.25) is 0 Å². The summed E-state index contributed by atoms with van der Waals surface area (Å²) < 4.78 is 39.1. The molecule has 0 spiro atoms. The Kier molecular flexibility index (Phi) is 9.63. The number of alkyl halides is 3. The fourth-order valence-corrected chi connectivity index (χ4v) is 2.64. The van der Waals surface area contributed by atoms with Crippen LogP contribution >= 0.6 is 0 Å². The van der Waals surface area contributed by atoms with Gasteiger partial charge in [-0.3, -0.25) is 0 Å². The van der Waals surface area contributed by atoms with Crippen LogP contribution in [0.1, 0.15) is 46.4 Å². The molecule has 1 aliphatic heterocycles. The molecule has 0 unspecified atom stereocenters. The number of rotatable bonds is 2. The van der Waals surface area contributed by atoms with E-state index >= 15 is 0 Å². The second kappa shape index (κ2) is 10.4. The van der Waals surface area contributed by atoms with Gasteiger partial charge < -0.3 is 10.6 Å². The Bertz CT molecular complexity index is 678. The van der Waals surface area contributed by atoms with E-state index in [1.54, 1.807) is 6.07 Å². The molecule has 0 saturated carbocycles. The molecule has 26 heavy (non-hydrogen) atoms. The van der Waals surface area contributed by atoms with Gasteiger partial charge in [-0.2, -0.15) is 13.2 Å². The van der Waals surface area contributed by atoms with Gasteiger partial charge in [0.25, 0.3) is 0 Å². The first-order chi connectivity index (χ1) is 11.9. The molecular formula is C20H32F3N3. The lowest BCUT2D eigenvalue weighted by Gasteiger charge is -2.41. The van der Waals surface area contributed by atoms with Crippen molar-refractivity contribution in [2.75, 3.05) is 24.5 Å². The predicted molar refractivity (Wildman–Crippen MR) is 106 cm³/mol. The standard InChI is InChI=1S/C15H16F3N3.2C2H6.CH4/c1-9-2-3-11-12(4-9)20-14(15(16,17)18)5-13(11)21-7-10(6-19)8-21;2*1-2;/h2-5,10H,6-8,19H2,1H3;2*1-2H3;1H4. The first-order valence-corrected chi connectivity index (χ1v) is 8.82. The number of benzene rings is 1. The first-order valence-electron chi connectivity index (χ1n) is 8.82. The molecule has 2 aromatic rings. The van der Waals surface area contributed by atoms with Crippen molar-refractivity contribution in [3.8, 4) is 0 Å². The van der Waals surface area contributed by atoms with Crippen molar-refractivity contribution in [2.45, 2.75) is 48.2 Å². The molecule has 0 aliphatic carbocycles. The van der Waals surface area contributed by atoms with Crippen LogP contribution < -0.4 is 10.6 Å². The van der Waals surface area contributed by atoms with Gasteiger partial charge >= 0.3 is 6.18 Å². The Morgan fingerprint density at radius 3 is 2.19 bits per heavy atom. The summed E-state index contributed by atoms with van der Waals surface area (Å²) in [5.41, 5.74) is 6.62. The summed E-state index contributed by atoms with van der Waals surface area (Å²) in [4.78, 5) is 5.71. The van der Waals surface area contributed by atoms with E-state index in [4.69, 9.17) is 5.73 Å². The Morgan fingerprint density at radius 1 is 1.12 bits per heavy atom. The highest BCUT2D eigenvalue weighted by Crippen LogP contribution is 2.37. The maximum Gasteiger partial charge on any atom is 0.433 e. The van der Waals surface area contributed by atoms with Gasteiger partial charge in [0, 0.05) is 30.1 Å². The molecule has 1 fully saturated rings. The van der Waals surface area contributed by atoms with Gasteiger partial charge in [-0.1, -0.05) is 47.3 Å². The highest BCUT2D eigenvalue weighted by atomic mass is 19.4. The molecule has 1 saturated heterocycles. The van der Waals surface area contributed by atoms with E-state index in [2.05, 4.69) is 4.98 Å². The maximum atomic E-state index is 13.0. The molecule has 1 aliphatic rings. The summed E-state index contributed by atoms with van der Waals surface area (Å²) in [6, 6.07) is 6.56. The molecule has 3 rings (SSSR count). The minimum Gasteiger partial charge on any atom is -0.370 e. The quantitative estimate of drug-likeness (QED) is 0.742. The lowest BCUT2D eigenvalue weighted by atomic mass is 9.98. The normalized spacial score (nSPS) is 13.7. The van der Waals surface area contributed by atoms with E-state index in [0.717, 1.165) is 17.0 Å². The summed E-state index contributed by atoms with van der Waals surface area (Å²) in [7, 11) is 0. The molecule has 0 bridgehead atoms. The third-order valence-electron chi connectivity index (χ3n) is 3.87. The zero-order valence-electron chi connectivity index (χ0n) is 15.6. The van der Waals surface area contributed by atoms with Gasteiger partial charge in [-0.05, 0) is 31.2 Å². The summed E-state index contributed by atoms with van der Waals surface area (Å²) in [6.07, 6.45) is -4.44. The van der Waals surface area contributed by atoms with Crippen molar-refractivity contribution in [1.29, 1.82) is 0 Å². The molecule has 3 nitrogen and oxygen atoms in total. The van der Waals surface area contributed by atoms with E-state index < -0.39 is 11.9 Å². The average Bonchev–Trinajstić information content (AvgIpc) is 2.56. The number of anilines is 1. The van der Waals surface area contributed by atoms with Gasteiger partial charge in [0.1, 0.15) is 5.69 Å². The minimum absolute atomic E-state index is 0. The fraction of sp³-hybridized carbons (Fsp3) is 0.550. The van der Waals surface area contributed by atoms with Crippen molar-refractivity contribution in [3.05, 3.63) is 35.5 Å². The van der Waals surface area contributed by atoms with E-state index in [9.17, 15) is 13.2 Å². The molecule has 0 radical (unpaired) electrons. The van der Waals surface area contributed by atoms with Gasteiger partial charge in [-0.25, -0.2) is 4.98 Å². The summed E-state index contributed by atoms with van der Waals surface area (Å²) in [6.45, 7) is 11.8. The predicted octanol–water partition coefficient (Wildman–Crippen LogP) is 5.65. The number of nitrogens with two attached hydrogens (primary N) is 1. The van der Waals surface area contributed by atoms with Gasteiger partial charge in [0.15, 0.2) is 0 Å². The van der Waals surface area contributed by atoms with Crippen LogP contribution in [0.15, 0.2) is 24.3 Å². The molecule has 148 valence electrons. The first kappa shape index (κ1) is 24.2. The number of aromatic nitrogens is 1. The summed E-state index contributed by atoms with van der Waals surface area (Å²) in [5, 5.41) is 0.754. The third kappa shape index (κ3) is 5.34. The monoisotopic (exact) mass is 371 g/mol. The van der Waals surface area contributed by atoms with Crippen LogP contribution in [0.5, 0.6) is 0 Å². The van der Waals surface area contributed by atoms with Crippen LogP contribution in [0.4, 0.5) is 18.9 Å². The van der Waals surface area contributed by atoms with Crippen molar-refractivity contribution in [1.82, 2.24) is 4.98 Å². The van der Waals surface area contributed by atoms with E-state index in [0.29, 0.717) is 36.8 Å². The van der Waals surface area contributed by atoms with Gasteiger partial charge in [0.05, 0.1) is 5.52 Å². The van der Waals surface area contributed by atoms with E-state index in [1.807, 2.05) is 51.7 Å². The number of pyridine rings is 1. The molecule has 6 heteroatoms.